The SMILES string of the molecule is CC(C)(C)c1cc2c([O-])c(c1)Cc1cc(C(C)(C)C)cc(c1[O-])Cc1cc(C(C)(C)C)cc(c1[O-])Cc1cc(C(C)(C)C)cc(c1[O-])Cc1cc(C(C)(C)C)cc(c1[O-])Cc1cc(C(C)(C)C)cc(c1[O-])C2.[O-2].[O-]CC[O-].[O-]CC[O-].[W].[W]. The van der Waals surface area contributed by atoms with Crippen molar-refractivity contribution in [3.63, 3.8) is 0 Å². The second-order valence-electron chi connectivity index (χ2n) is 28.1. The van der Waals surface area contributed by atoms with Crippen molar-refractivity contribution in [2.75, 3.05) is 26.4 Å². The molecule has 0 heterocycles. The minimum absolute atomic E-state index is 0. The topological polar surface area (TPSA) is 259 Å². The summed E-state index contributed by atoms with van der Waals surface area (Å²) >= 11 is 0. The quantitative estimate of drug-likeness (QED) is 0.170. The fourth-order valence-electron chi connectivity index (χ4n) is 9.93. The van der Waals surface area contributed by atoms with Gasteiger partial charge in [0.15, 0.2) is 0 Å². The third kappa shape index (κ3) is 18.6. The monoisotopic (exact) mass is 1470 g/mol. The Kier molecular flexibility index (Phi) is 25.7. The molecule has 12 bridgehead atoms. The summed E-state index contributed by atoms with van der Waals surface area (Å²) in [5, 5.41) is 126. The van der Waals surface area contributed by atoms with Crippen molar-refractivity contribution >= 4 is 0 Å². The van der Waals surface area contributed by atoms with Gasteiger partial charge in [0, 0.05) is 42.1 Å². The van der Waals surface area contributed by atoms with Gasteiger partial charge in [-0.25, -0.2) is 0 Å². The summed E-state index contributed by atoms with van der Waals surface area (Å²) in [6.45, 7) is 35.7. The zero-order chi connectivity index (χ0) is 60.4. The zero-order valence-corrected chi connectivity index (χ0v) is 58.2. The fraction of sp³-hybridized carbons (Fsp3) is 0.486. The molecule has 0 amide bonds. The van der Waals surface area contributed by atoms with Crippen molar-refractivity contribution in [1.82, 2.24) is 0 Å². The van der Waals surface area contributed by atoms with Crippen LogP contribution in [0.5, 0.6) is 34.5 Å². The molecule has 6 aromatic carbocycles. The van der Waals surface area contributed by atoms with E-state index in [4.69, 9.17) is 20.4 Å². The van der Waals surface area contributed by atoms with Crippen LogP contribution >= 0.6 is 0 Å². The maximum atomic E-state index is 15.0. The average molecular weight is 1470 g/mol. The van der Waals surface area contributed by atoms with Crippen LogP contribution in [0.25, 0.3) is 0 Å². The minimum atomic E-state index is -0.486. The van der Waals surface area contributed by atoms with Gasteiger partial charge in [0.1, 0.15) is 0 Å². The molecule has 13 heteroatoms. The molecule has 456 valence electrons. The molecule has 1 aliphatic rings. The Morgan fingerprint density at radius 3 is 0.373 bits per heavy atom. The third-order valence-electron chi connectivity index (χ3n) is 15.1. The maximum absolute atomic E-state index is 15.0. The summed E-state index contributed by atoms with van der Waals surface area (Å²) < 4.78 is 0. The Hall–Kier alpha value is -4.70. The number of fused-ring (bicyclic) bond motifs is 12. The van der Waals surface area contributed by atoms with Gasteiger partial charge in [-0.15, -0.1) is 34.5 Å². The van der Waals surface area contributed by atoms with E-state index in [9.17, 15) is 30.6 Å². The number of benzene rings is 6. The molecule has 0 aromatic heterocycles. The molecule has 6 aromatic rings. The van der Waals surface area contributed by atoms with E-state index in [1.165, 1.54) is 0 Å². The molecule has 0 N–H and O–H groups in total. The smallest absolute Gasteiger partial charge is 0 e. The summed E-state index contributed by atoms with van der Waals surface area (Å²) in [6, 6.07) is 23.0. The number of rotatable bonds is 2. The molecule has 0 saturated carbocycles. The fourth-order valence-corrected chi connectivity index (χ4v) is 9.93. The molecule has 1 aliphatic carbocycles. The molecule has 0 aliphatic heterocycles. The summed E-state index contributed by atoms with van der Waals surface area (Å²) in [4.78, 5) is 0. The Morgan fingerprint density at radius 2 is 0.313 bits per heavy atom. The van der Waals surface area contributed by atoms with Crippen LogP contribution in [0.15, 0.2) is 72.8 Å². The molecule has 0 saturated heterocycles. The molecule has 0 fully saturated rings. The Balaban J connectivity index is 0.00000201. The minimum Gasteiger partial charge on any atom is -2.00 e. The van der Waals surface area contributed by atoms with E-state index in [-0.39, 0.29) is 153 Å². The van der Waals surface area contributed by atoms with Crippen molar-refractivity contribution in [2.24, 2.45) is 0 Å². The van der Waals surface area contributed by atoms with Gasteiger partial charge in [-0.1, -0.05) is 264 Å². The van der Waals surface area contributed by atoms with Gasteiger partial charge in [-0.3, -0.25) is 0 Å². The molecule has 0 spiro atoms. The Labute approximate surface area is 524 Å². The molecule has 0 unspecified atom stereocenters. The van der Waals surface area contributed by atoms with Crippen molar-refractivity contribution in [2.45, 2.75) is 196 Å². The summed E-state index contributed by atoms with van der Waals surface area (Å²) in [7, 11) is 0. The second-order valence-corrected chi connectivity index (χ2v) is 28.1. The van der Waals surface area contributed by atoms with Gasteiger partial charge in [-0.2, -0.15) is 26.4 Å². The van der Waals surface area contributed by atoms with E-state index in [1.54, 1.807) is 0 Å². The standard InChI is InChI=1S/C66H84O6.2C2H4O2.O.2W/c1-61(2,3)49-25-37-19-39-27-50(62(4,5)6)29-41(56(39)68)21-43-31-52(64(10,11)12)33-45(58(43)70)23-47-35-54(66(16,17)18)36-48(60(47)72)24-46-34-53(65(13,14)15)32-44(59(46)71)22-42-30-51(63(7,8)9)28-40(57(42)69)20-38(26-49)55(37)67;2*3-1-2-4;;;/h25-36,67-72H,19-24H2,1-18H3;2*1-2H2;;;/q;3*-2;;/p-6. The van der Waals surface area contributed by atoms with Gasteiger partial charge in [0.05, 0.1) is 0 Å². The van der Waals surface area contributed by atoms with E-state index in [0.29, 0.717) is 66.8 Å². The van der Waals surface area contributed by atoms with Crippen LogP contribution in [0.2, 0.25) is 0 Å². The summed E-state index contributed by atoms with van der Waals surface area (Å²) in [6.07, 6.45) is 0.405. The van der Waals surface area contributed by atoms with Gasteiger partial charge in [0.2, 0.25) is 0 Å². The number of hydrogen-bond acceptors (Lipinski definition) is 10. The van der Waals surface area contributed by atoms with Crippen LogP contribution in [0.4, 0.5) is 0 Å². The van der Waals surface area contributed by atoms with Crippen molar-refractivity contribution < 1.29 is 98.7 Å². The van der Waals surface area contributed by atoms with Crippen LogP contribution in [0.1, 0.15) is 225 Å². The van der Waals surface area contributed by atoms with Crippen LogP contribution in [-0.2, 0) is 119 Å². The Morgan fingerprint density at radius 1 is 0.229 bits per heavy atom. The van der Waals surface area contributed by atoms with Crippen LogP contribution in [0.3, 0.4) is 0 Å². The predicted octanol–water partition coefficient (Wildman–Crippen LogP) is 7.06. The largest absolute Gasteiger partial charge is 2.00 e. The normalized spacial score (nSPS) is 13.1. The van der Waals surface area contributed by atoms with Gasteiger partial charge in [-0.05, 0) is 104 Å². The molecule has 7 rings (SSSR count). The van der Waals surface area contributed by atoms with Crippen LogP contribution in [0, 0.1) is 0 Å². The second kappa shape index (κ2) is 28.7. The first-order valence-corrected chi connectivity index (χ1v) is 28.1. The van der Waals surface area contributed by atoms with Crippen LogP contribution in [-0.4, -0.2) is 26.4 Å². The molecule has 0 radical (unpaired) electrons. The molecular weight excluding hydrogens is 1380 g/mol. The Bertz CT molecular complexity index is 2480. The first kappa shape index (κ1) is 74.4. The van der Waals surface area contributed by atoms with Gasteiger partial charge < -0.3 is 56.5 Å². The first-order chi connectivity index (χ1) is 36.7. The number of hydrogen-bond donors (Lipinski definition) is 0. The van der Waals surface area contributed by atoms with Gasteiger partial charge >= 0.3 is 0 Å². The average Bonchev–Trinajstić information content (AvgIpc) is 3.33. The van der Waals surface area contributed by atoms with Crippen molar-refractivity contribution in [1.29, 1.82) is 0 Å². The summed E-state index contributed by atoms with van der Waals surface area (Å²) in [5.74, 6) is -1.30. The predicted molar refractivity (Wildman–Crippen MR) is 305 cm³/mol. The van der Waals surface area contributed by atoms with E-state index in [2.05, 4.69) is 125 Å². The molecule has 83 heavy (non-hydrogen) atoms. The third-order valence-corrected chi connectivity index (χ3v) is 15.1. The molecule has 11 nitrogen and oxygen atoms in total. The van der Waals surface area contributed by atoms with E-state index >= 15 is 0 Å². The van der Waals surface area contributed by atoms with Crippen molar-refractivity contribution in [3.05, 3.63) is 173 Å². The maximum Gasteiger partial charge on any atom is 0 e. The van der Waals surface area contributed by atoms with Crippen LogP contribution < -0.4 is 51.1 Å². The van der Waals surface area contributed by atoms with Crippen molar-refractivity contribution in [3.8, 4) is 34.5 Å². The van der Waals surface area contributed by atoms with Gasteiger partial charge in [0.25, 0.3) is 0 Å². The first-order valence-electron chi connectivity index (χ1n) is 28.1. The zero-order valence-electron chi connectivity index (χ0n) is 52.3. The van der Waals surface area contributed by atoms with E-state index in [1.807, 2.05) is 72.8 Å². The van der Waals surface area contributed by atoms with E-state index < -0.39 is 26.4 Å². The molecule has 0 atom stereocenters. The molecular formula is C70H86O11W2-12. The van der Waals surface area contributed by atoms with E-state index in [0.717, 1.165) is 33.4 Å². The summed E-state index contributed by atoms with van der Waals surface area (Å²) in [5.41, 5.74) is 8.85.